The zero-order valence-electron chi connectivity index (χ0n) is 13.7. The van der Waals surface area contributed by atoms with Gasteiger partial charge >= 0.3 is 5.97 Å². The van der Waals surface area contributed by atoms with Crippen LogP contribution in [0.5, 0.6) is 0 Å². The van der Waals surface area contributed by atoms with E-state index in [4.69, 9.17) is 9.47 Å². The van der Waals surface area contributed by atoms with Gasteiger partial charge in [0, 0.05) is 5.57 Å². The topological polar surface area (TPSA) is 52.6 Å². The van der Waals surface area contributed by atoms with Crippen molar-refractivity contribution in [3.63, 3.8) is 0 Å². The molecule has 1 unspecified atom stereocenters. The molecule has 2 rings (SSSR count). The van der Waals surface area contributed by atoms with Gasteiger partial charge in [0.15, 0.2) is 5.78 Å². The molecule has 22 heavy (non-hydrogen) atoms. The summed E-state index contributed by atoms with van der Waals surface area (Å²) in [6, 6.07) is 0. The number of Topliss-reactive ketones (excluding diaryl/α,β-unsaturated/α-hetero) is 1. The van der Waals surface area contributed by atoms with Crippen molar-refractivity contribution in [3.8, 4) is 0 Å². The molecule has 0 amide bonds. The van der Waals surface area contributed by atoms with E-state index in [-0.39, 0.29) is 35.4 Å². The molecule has 0 aromatic heterocycles. The summed E-state index contributed by atoms with van der Waals surface area (Å²) >= 11 is 0. The standard InChI is InChI=1S/C18H24O4/c1-6-7-12-11(2)15(10-14(12)19)22-17(20)16-13(8-9-21-5)18(16,3)4/h6,8-9,13,15-16H,1,7,10H2,2-5H3/b9-8+/t13-,15?,16+/m1/s1. The van der Waals surface area contributed by atoms with Crippen LogP contribution in [0.2, 0.25) is 0 Å². The average Bonchev–Trinajstić information content (AvgIpc) is 2.91. The van der Waals surface area contributed by atoms with Crippen molar-refractivity contribution in [2.45, 2.75) is 39.7 Å². The second kappa shape index (κ2) is 6.11. The first-order valence-electron chi connectivity index (χ1n) is 7.58. The highest BCUT2D eigenvalue weighted by Gasteiger charge is 2.61. The maximum atomic E-state index is 12.4. The predicted molar refractivity (Wildman–Crippen MR) is 83.9 cm³/mol. The average molecular weight is 304 g/mol. The van der Waals surface area contributed by atoms with Gasteiger partial charge in [-0.05, 0) is 36.3 Å². The number of rotatable bonds is 6. The summed E-state index contributed by atoms with van der Waals surface area (Å²) in [4.78, 5) is 24.4. The summed E-state index contributed by atoms with van der Waals surface area (Å²) in [6.07, 6.45) is 5.58. The Labute approximate surface area is 131 Å². The van der Waals surface area contributed by atoms with E-state index in [1.165, 1.54) is 0 Å². The molecule has 1 saturated carbocycles. The lowest BCUT2D eigenvalue weighted by atomic mass is 10.1. The molecule has 0 saturated heterocycles. The summed E-state index contributed by atoms with van der Waals surface area (Å²) in [5.74, 6) is -0.229. The van der Waals surface area contributed by atoms with Crippen molar-refractivity contribution in [1.29, 1.82) is 0 Å². The Balaban J connectivity index is 2.03. The maximum absolute atomic E-state index is 12.4. The Morgan fingerprint density at radius 1 is 1.45 bits per heavy atom. The highest BCUT2D eigenvalue weighted by Crippen LogP contribution is 2.59. The van der Waals surface area contributed by atoms with Crippen molar-refractivity contribution in [1.82, 2.24) is 0 Å². The fourth-order valence-electron chi connectivity index (χ4n) is 3.27. The van der Waals surface area contributed by atoms with Crippen LogP contribution in [-0.2, 0) is 19.1 Å². The van der Waals surface area contributed by atoms with Gasteiger partial charge < -0.3 is 9.47 Å². The van der Waals surface area contributed by atoms with E-state index in [0.29, 0.717) is 6.42 Å². The summed E-state index contributed by atoms with van der Waals surface area (Å²) in [5, 5.41) is 0. The SMILES string of the molecule is C=CCC1=C(C)C(OC(=O)[C@@H]2[C@@H](/C=C/OC)C2(C)C)CC1=O. The molecule has 120 valence electrons. The minimum atomic E-state index is -0.418. The number of hydrogen-bond donors (Lipinski definition) is 0. The first kappa shape index (κ1) is 16.5. The number of methoxy groups -OCH3 is 1. The van der Waals surface area contributed by atoms with Crippen molar-refractivity contribution in [2.24, 2.45) is 17.3 Å². The lowest BCUT2D eigenvalue weighted by Gasteiger charge is -2.13. The molecule has 2 aliphatic carbocycles. The molecule has 0 spiro atoms. The Bertz CT molecular complexity index is 553. The zero-order valence-corrected chi connectivity index (χ0v) is 13.7. The third-order valence-electron chi connectivity index (χ3n) is 4.86. The summed E-state index contributed by atoms with van der Waals surface area (Å²) in [6.45, 7) is 9.60. The second-order valence-electron chi connectivity index (χ2n) is 6.60. The highest BCUT2D eigenvalue weighted by atomic mass is 16.5. The van der Waals surface area contributed by atoms with Crippen LogP contribution in [0.3, 0.4) is 0 Å². The zero-order chi connectivity index (χ0) is 16.5. The largest absolute Gasteiger partial charge is 0.505 e. The van der Waals surface area contributed by atoms with Crippen molar-refractivity contribution < 1.29 is 19.1 Å². The second-order valence-corrected chi connectivity index (χ2v) is 6.60. The molecular formula is C18H24O4. The van der Waals surface area contributed by atoms with E-state index >= 15 is 0 Å². The molecule has 0 heterocycles. The van der Waals surface area contributed by atoms with Crippen LogP contribution in [-0.4, -0.2) is 25.0 Å². The van der Waals surface area contributed by atoms with Gasteiger partial charge in [-0.1, -0.05) is 19.9 Å². The van der Waals surface area contributed by atoms with Gasteiger partial charge in [-0.25, -0.2) is 0 Å². The Morgan fingerprint density at radius 2 is 2.14 bits per heavy atom. The number of allylic oxidation sites excluding steroid dienone is 3. The molecule has 4 nitrogen and oxygen atoms in total. The third-order valence-corrected chi connectivity index (χ3v) is 4.86. The first-order chi connectivity index (χ1) is 10.3. The molecule has 0 aliphatic heterocycles. The number of carbonyl (C=O) groups excluding carboxylic acids is 2. The number of hydrogen-bond acceptors (Lipinski definition) is 4. The minimum Gasteiger partial charge on any atom is -0.505 e. The maximum Gasteiger partial charge on any atom is 0.310 e. The fraction of sp³-hybridized carbons (Fsp3) is 0.556. The molecule has 1 fully saturated rings. The minimum absolute atomic E-state index is 0.0566. The Kier molecular flexibility index (Phi) is 4.59. The Morgan fingerprint density at radius 3 is 2.73 bits per heavy atom. The quantitative estimate of drug-likeness (QED) is 0.429. The molecular weight excluding hydrogens is 280 g/mol. The fourth-order valence-corrected chi connectivity index (χ4v) is 3.27. The van der Waals surface area contributed by atoms with Crippen molar-refractivity contribution in [3.05, 3.63) is 36.1 Å². The van der Waals surface area contributed by atoms with Crippen LogP contribution in [0.1, 0.15) is 33.6 Å². The molecule has 0 bridgehead atoms. The smallest absolute Gasteiger partial charge is 0.310 e. The lowest BCUT2D eigenvalue weighted by Crippen LogP contribution is -2.20. The summed E-state index contributed by atoms with van der Waals surface area (Å²) in [5.41, 5.74) is 1.47. The van der Waals surface area contributed by atoms with E-state index in [9.17, 15) is 9.59 Å². The van der Waals surface area contributed by atoms with Gasteiger partial charge in [-0.15, -0.1) is 6.58 Å². The van der Waals surface area contributed by atoms with E-state index in [1.54, 1.807) is 19.4 Å². The molecule has 0 aromatic carbocycles. The van der Waals surface area contributed by atoms with Crippen molar-refractivity contribution in [2.75, 3.05) is 7.11 Å². The number of esters is 1. The predicted octanol–water partition coefficient (Wildman–Crippen LogP) is 3.20. The Hall–Kier alpha value is -1.84. The normalized spacial score (nSPS) is 29.8. The molecule has 0 aromatic rings. The lowest BCUT2D eigenvalue weighted by molar-refractivity contribution is -0.150. The van der Waals surface area contributed by atoms with Gasteiger partial charge in [0.2, 0.25) is 0 Å². The van der Waals surface area contributed by atoms with Crippen LogP contribution in [0.4, 0.5) is 0 Å². The summed E-state index contributed by atoms with van der Waals surface area (Å²) in [7, 11) is 1.58. The van der Waals surface area contributed by atoms with Crippen LogP contribution in [0, 0.1) is 17.3 Å². The van der Waals surface area contributed by atoms with Gasteiger partial charge in [-0.2, -0.15) is 0 Å². The van der Waals surface area contributed by atoms with Crippen LogP contribution < -0.4 is 0 Å². The number of ether oxygens (including phenoxy) is 2. The molecule has 0 radical (unpaired) electrons. The van der Waals surface area contributed by atoms with Gasteiger partial charge in [0.1, 0.15) is 6.10 Å². The van der Waals surface area contributed by atoms with Crippen molar-refractivity contribution >= 4 is 11.8 Å². The highest BCUT2D eigenvalue weighted by molar-refractivity contribution is 6.00. The summed E-state index contributed by atoms with van der Waals surface area (Å²) < 4.78 is 10.5. The van der Waals surface area contributed by atoms with Gasteiger partial charge in [0.05, 0.1) is 25.7 Å². The van der Waals surface area contributed by atoms with E-state index in [0.717, 1.165) is 11.1 Å². The van der Waals surface area contributed by atoms with Gasteiger partial charge in [0.25, 0.3) is 0 Å². The monoisotopic (exact) mass is 304 g/mol. The third kappa shape index (κ3) is 2.87. The van der Waals surface area contributed by atoms with E-state index < -0.39 is 6.10 Å². The first-order valence-corrected chi connectivity index (χ1v) is 7.58. The molecule has 2 aliphatic rings. The molecule has 3 atom stereocenters. The van der Waals surface area contributed by atoms with Gasteiger partial charge in [-0.3, -0.25) is 9.59 Å². The molecule has 0 N–H and O–H groups in total. The van der Waals surface area contributed by atoms with E-state index in [1.807, 2.05) is 26.8 Å². The van der Waals surface area contributed by atoms with Crippen LogP contribution in [0.25, 0.3) is 0 Å². The number of ketones is 1. The van der Waals surface area contributed by atoms with E-state index in [2.05, 4.69) is 6.58 Å². The molecule has 4 heteroatoms. The van der Waals surface area contributed by atoms with Crippen LogP contribution in [0.15, 0.2) is 36.1 Å². The van der Waals surface area contributed by atoms with Crippen LogP contribution >= 0.6 is 0 Å². The number of carbonyl (C=O) groups is 2.